The second kappa shape index (κ2) is 15.7. The Balaban J connectivity index is -0.0000000720. The fourth-order valence-corrected chi connectivity index (χ4v) is 0. The van der Waals surface area contributed by atoms with Gasteiger partial charge < -0.3 is 21.7 Å². The monoisotopic (exact) mass is 146 g/mol. The van der Waals surface area contributed by atoms with Crippen LogP contribution in [0.4, 0.5) is 4.79 Å². The number of nitrogens with two attached hydrogens (primary N) is 2. The van der Waals surface area contributed by atoms with Crippen LogP contribution < -0.4 is 11.5 Å². The summed E-state index contributed by atoms with van der Waals surface area (Å²) in [5.74, 6) is 0. The van der Waals surface area contributed by atoms with E-state index in [4.69, 9.17) is 26.5 Å². The summed E-state index contributed by atoms with van der Waals surface area (Å²) < 4.78 is 0. The molecule has 0 aliphatic heterocycles. The number of carboxylic acid groups (broad SMARTS) is 2. The Morgan fingerprint density at radius 3 is 1.33 bits per heavy atom. The molecule has 0 aromatic carbocycles. The molecule has 0 saturated carbocycles. The van der Waals surface area contributed by atoms with Crippen LogP contribution in [0.25, 0.3) is 0 Å². The van der Waals surface area contributed by atoms with E-state index in [2.05, 4.69) is 0 Å². The summed E-state index contributed by atoms with van der Waals surface area (Å²) in [4.78, 5) is 8.56. The van der Waals surface area contributed by atoms with Crippen LogP contribution in [-0.4, -0.2) is 59.0 Å². The molecular formula is C3H11N2NaO3. The molecule has 6 N–H and O–H groups in total. The second-order valence-corrected chi connectivity index (χ2v) is 0.860. The van der Waals surface area contributed by atoms with Crippen molar-refractivity contribution in [2.45, 2.75) is 0 Å². The summed E-state index contributed by atoms with van der Waals surface area (Å²) in [6.07, 6.45) is -1.83. The van der Waals surface area contributed by atoms with Crippen molar-refractivity contribution in [1.29, 1.82) is 0 Å². The molecule has 0 aliphatic rings. The van der Waals surface area contributed by atoms with Crippen molar-refractivity contribution in [1.82, 2.24) is 0 Å². The SMILES string of the molecule is NCCN.O=C(O)O.[NaH]. The zero-order valence-electron chi connectivity index (χ0n) is 4.37. The standard InChI is InChI=1S/C2H8N2.CH2O3.Na.H/c3-1-2-4;2-1(3)4;;/h1-4H2;(H2,2,3,4);;. The Kier molecular flexibility index (Phi) is 28.1. The molecule has 0 unspecified atom stereocenters. The average Bonchev–Trinajstić information content (AvgIpc) is 1.65. The van der Waals surface area contributed by atoms with Gasteiger partial charge in [-0.05, 0) is 0 Å². The van der Waals surface area contributed by atoms with Crippen molar-refractivity contribution in [3.8, 4) is 0 Å². The topological polar surface area (TPSA) is 110 Å². The molecule has 5 nitrogen and oxygen atoms in total. The fraction of sp³-hybridized carbons (Fsp3) is 0.667. The van der Waals surface area contributed by atoms with E-state index in [9.17, 15) is 0 Å². The Bertz CT molecular complexity index is 55.0. The fourth-order valence-electron chi connectivity index (χ4n) is 0. The minimum absolute atomic E-state index is 0. The van der Waals surface area contributed by atoms with E-state index in [0.717, 1.165) is 0 Å². The quantitative estimate of drug-likeness (QED) is 0.336. The average molecular weight is 146 g/mol. The van der Waals surface area contributed by atoms with Gasteiger partial charge in [-0.3, -0.25) is 0 Å². The van der Waals surface area contributed by atoms with Gasteiger partial charge in [-0.15, -0.1) is 0 Å². The van der Waals surface area contributed by atoms with E-state index in [1.165, 1.54) is 0 Å². The maximum atomic E-state index is 8.56. The molecule has 0 amide bonds. The molecule has 9 heavy (non-hydrogen) atoms. The van der Waals surface area contributed by atoms with Gasteiger partial charge in [0.1, 0.15) is 0 Å². The molecule has 52 valence electrons. The molecular weight excluding hydrogens is 135 g/mol. The van der Waals surface area contributed by atoms with Crippen molar-refractivity contribution in [2.75, 3.05) is 13.1 Å². The van der Waals surface area contributed by atoms with E-state index in [-0.39, 0.29) is 29.6 Å². The van der Waals surface area contributed by atoms with Gasteiger partial charge in [0.25, 0.3) is 0 Å². The van der Waals surface area contributed by atoms with Crippen LogP contribution in [0.2, 0.25) is 0 Å². The van der Waals surface area contributed by atoms with E-state index >= 15 is 0 Å². The molecule has 0 aliphatic carbocycles. The van der Waals surface area contributed by atoms with Crippen LogP contribution in [0.1, 0.15) is 0 Å². The number of hydrogen-bond donors (Lipinski definition) is 4. The first kappa shape index (κ1) is 16.1. The van der Waals surface area contributed by atoms with Crippen LogP contribution in [0.15, 0.2) is 0 Å². The summed E-state index contributed by atoms with van der Waals surface area (Å²) in [5.41, 5.74) is 9.81. The zero-order valence-corrected chi connectivity index (χ0v) is 4.37. The molecule has 6 heteroatoms. The van der Waals surface area contributed by atoms with Gasteiger partial charge in [0.2, 0.25) is 0 Å². The summed E-state index contributed by atoms with van der Waals surface area (Å²) in [6.45, 7) is 1.19. The van der Waals surface area contributed by atoms with Crippen LogP contribution in [-0.2, 0) is 0 Å². The third kappa shape index (κ3) is 222. The van der Waals surface area contributed by atoms with Crippen molar-refractivity contribution < 1.29 is 15.0 Å². The predicted molar refractivity (Wildman–Crippen MR) is 35.9 cm³/mol. The Morgan fingerprint density at radius 1 is 1.22 bits per heavy atom. The molecule has 0 bridgehead atoms. The Morgan fingerprint density at radius 2 is 1.33 bits per heavy atom. The van der Waals surface area contributed by atoms with Gasteiger partial charge in [0, 0.05) is 13.1 Å². The van der Waals surface area contributed by atoms with Crippen molar-refractivity contribution >= 4 is 35.7 Å². The molecule has 0 atom stereocenters. The van der Waals surface area contributed by atoms with Gasteiger partial charge in [0.15, 0.2) is 0 Å². The van der Waals surface area contributed by atoms with E-state index in [1.54, 1.807) is 0 Å². The Labute approximate surface area is 75.3 Å². The first-order chi connectivity index (χ1) is 3.65. The number of rotatable bonds is 1. The van der Waals surface area contributed by atoms with E-state index in [0.29, 0.717) is 13.1 Å². The van der Waals surface area contributed by atoms with Gasteiger partial charge >= 0.3 is 35.7 Å². The molecule has 0 aromatic rings. The maximum absolute atomic E-state index is 8.56. The first-order valence-corrected chi connectivity index (χ1v) is 1.97. The van der Waals surface area contributed by atoms with Crippen LogP contribution in [0, 0.1) is 0 Å². The number of hydrogen-bond acceptors (Lipinski definition) is 3. The van der Waals surface area contributed by atoms with Crippen LogP contribution >= 0.6 is 0 Å². The summed E-state index contributed by atoms with van der Waals surface area (Å²) in [5, 5.41) is 13.9. The van der Waals surface area contributed by atoms with Crippen molar-refractivity contribution in [3.05, 3.63) is 0 Å². The molecule has 0 saturated heterocycles. The summed E-state index contributed by atoms with van der Waals surface area (Å²) >= 11 is 0. The third-order valence-electron chi connectivity index (χ3n) is 0.167. The predicted octanol–water partition coefficient (Wildman–Crippen LogP) is -1.52. The third-order valence-corrected chi connectivity index (χ3v) is 0.167. The van der Waals surface area contributed by atoms with Gasteiger partial charge in [-0.2, -0.15) is 0 Å². The molecule has 0 heterocycles. The molecule has 0 radical (unpaired) electrons. The zero-order chi connectivity index (χ0) is 6.99. The van der Waals surface area contributed by atoms with E-state index in [1.807, 2.05) is 0 Å². The van der Waals surface area contributed by atoms with E-state index < -0.39 is 6.16 Å². The summed E-state index contributed by atoms with van der Waals surface area (Å²) in [6, 6.07) is 0. The van der Waals surface area contributed by atoms with Crippen LogP contribution in [0.5, 0.6) is 0 Å². The van der Waals surface area contributed by atoms with Gasteiger partial charge in [0.05, 0.1) is 0 Å². The Hall–Kier alpha value is 0.190. The number of carbonyl (C=O) groups is 1. The summed E-state index contributed by atoms with van der Waals surface area (Å²) in [7, 11) is 0. The van der Waals surface area contributed by atoms with Crippen molar-refractivity contribution in [3.63, 3.8) is 0 Å². The molecule has 0 spiro atoms. The van der Waals surface area contributed by atoms with Gasteiger partial charge in [-0.1, -0.05) is 0 Å². The molecule has 0 fully saturated rings. The first-order valence-electron chi connectivity index (χ1n) is 1.97. The normalized spacial score (nSPS) is 6.00. The minimum atomic E-state index is -1.83. The van der Waals surface area contributed by atoms with Crippen molar-refractivity contribution in [2.24, 2.45) is 11.5 Å². The second-order valence-electron chi connectivity index (χ2n) is 0.860. The van der Waals surface area contributed by atoms with Crippen LogP contribution in [0.3, 0.4) is 0 Å². The molecule has 0 rings (SSSR count). The van der Waals surface area contributed by atoms with Gasteiger partial charge in [-0.25, -0.2) is 4.79 Å². The molecule has 0 aromatic heterocycles.